The van der Waals surface area contributed by atoms with Gasteiger partial charge in [0.2, 0.25) is 5.82 Å². The molecule has 1 aromatic heterocycles. The van der Waals surface area contributed by atoms with Crippen molar-refractivity contribution in [3.8, 4) is 11.6 Å². The predicted octanol–water partition coefficient (Wildman–Crippen LogP) is 6.42. The van der Waals surface area contributed by atoms with Crippen molar-refractivity contribution in [3.63, 3.8) is 0 Å². The van der Waals surface area contributed by atoms with Crippen LogP contribution >= 0.6 is 0 Å². The molecule has 4 rings (SSSR count). The number of aryl methyl sites for hydroxylation is 1. The van der Waals surface area contributed by atoms with Gasteiger partial charge in [0.1, 0.15) is 12.1 Å². The summed E-state index contributed by atoms with van der Waals surface area (Å²) in [6.07, 6.45) is 4.52. The molecule has 0 saturated carbocycles. The zero-order valence-electron chi connectivity index (χ0n) is 17.1. The van der Waals surface area contributed by atoms with Gasteiger partial charge >= 0.3 is 11.6 Å². The van der Waals surface area contributed by atoms with Gasteiger partial charge in [0, 0.05) is 5.69 Å². The van der Waals surface area contributed by atoms with Gasteiger partial charge < -0.3 is 10.1 Å². The summed E-state index contributed by atoms with van der Waals surface area (Å²) < 4.78 is 5.79. The maximum absolute atomic E-state index is 11.8. The molecule has 0 spiro atoms. The third-order valence-electron chi connectivity index (χ3n) is 4.94. The smallest absolute Gasteiger partial charge is 0.373 e. The van der Waals surface area contributed by atoms with Crippen molar-refractivity contribution in [2.24, 2.45) is 0 Å². The minimum atomic E-state index is -0.533. The summed E-state index contributed by atoms with van der Waals surface area (Å²) in [5, 5.41) is 16.9. The second kappa shape index (κ2) is 9.21. The summed E-state index contributed by atoms with van der Waals surface area (Å²) in [5.41, 5.74) is 1.62. The first-order valence-corrected chi connectivity index (χ1v) is 10.2. The fraction of sp³-hybridized carbons (Fsp3) is 0.167. The highest BCUT2D eigenvalue weighted by Crippen LogP contribution is 2.36. The molecule has 3 aromatic carbocycles. The summed E-state index contributed by atoms with van der Waals surface area (Å²) in [6, 6.07) is 21.1. The van der Waals surface area contributed by atoms with Crippen molar-refractivity contribution in [3.05, 3.63) is 88.7 Å². The van der Waals surface area contributed by atoms with E-state index in [-0.39, 0.29) is 17.4 Å². The van der Waals surface area contributed by atoms with E-state index in [1.54, 1.807) is 6.07 Å². The Morgan fingerprint density at radius 3 is 2.52 bits per heavy atom. The molecule has 7 nitrogen and oxygen atoms in total. The van der Waals surface area contributed by atoms with Crippen molar-refractivity contribution < 1.29 is 9.66 Å². The molecule has 156 valence electrons. The first-order valence-electron chi connectivity index (χ1n) is 10.2. The number of nitrogens with zero attached hydrogens (tertiary/aromatic N) is 3. The zero-order chi connectivity index (χ0) is 21.6. The van der Waals surface area contributed by atoms with E-state index < -0.39 is 4.92 Å². The Hall–Kier alpha value is -4.00. The Morgan fingerprint density at radius 1 is 1.00 bits per heavy atom. The Morgan fingerprint density at radius 2 is 1.77 bits per heavy atom. The molecule has 0 radical (unpaired) electrons. The van der Waals surface area contributed by atoms with Crippen molar-refractivity contribution in [1.82, 2.24) is 9.97 Å². The van der Waals surface area contributed by atoms with Crippen LogP contribution in [-0.4, -0.2) is 14.9 Å². The van der Waals surface area contributed by atoms with Crippen molar-refractivity contribution in [2.45, 2.75) is 26.2 Å². The quantitative estimate of drug-likeness (QED) is 0.264. The number of fused-ring (bicyclic) bond motifs is 1. The average Bonchev–Trinajstić information content (AvgIpc) is 2.78. The van der Waals surface area contributed by atoms with Crippen LogP contribution in [0.5, 0.6) is 11.6 Å². The van der Waals surface area contributed by atoms with Crippen molar-refractivity contribution in [1.29, 1.82) is 0 Å². The zero-order valence-corrected chi connectivity index (χ0v) is 17.1. The predicted molar refractivity (Wildman–Crippen MR) is 121 cm³/mol. The summed E-state index contributed by atoms with van der Waals surface area (Å²) in [6.45, 7) is 2.15. The highest BCUT2D eigenvalue weighted by Gasteiger charge is 2.25. The van der Waals surface area contributed by atoms with Gasteiger partial charge in [0.25, 0.3) is 0 Å². The minimum absolute atomic E-state index is 0.0806. The Labute approximate surface area is 179 Å². The number of aromatic nitrogens is 2. The van der Waals surface area contributed by atoms with Gasteiger partial charge in [-0.1, -0.05) is 55.8 Å². The highest BCUT2D eigenvalue weighted by molar-refractivity contribution is 5.83. The number of rotatable bonds is 8. The van der Waals surface area contributed by atoms with Crippen LogP contribution in [0.1, 0.15) is 25.3 Å². The molecule has 0 fully saturated rings. The summed E-state index contributed by atoms with van der Waals surface area (Å²) in [7, 11) is 0. The molecule has 4 aromatic rings. The van der Waals surface area contributed by atoms with Gasteiger partial charge in [-0.3, -0.25) is 10.1 Å². The van der Waals surface area contributed by atoms with E-state index in [4.69, 9.17) is 4.74 Å². The summed E-state index contributed by atoms with van der Waals surface area (Å²) in [5.74, 6) is 0.432. The first kappa shape index (κ1) is 20.3. The number of ether oxygens (including phenoxy) is 1. The lowest BCUT2D eigenvalue weighted by molar-refractivity contribution is -0.385. The highest BCUT2D eigenvalue weighted by atomic mass is 16.6. The van der Waals surface area contributed by atoms with Crippen LogP contribution in [0, 0.1) is 10.1 Å². The van der Waals surface area contributed by atoms with Crippen LogP contribution in [0.2, 0.25) is 0 Å². The average molecular weight is 414 g/mol. The maximum atomic E-state index is 11.8. The lowest BCUT2D eigenvalue weighted by Crippen LogP contribution is -2.03. The maximum Gasteiger partial charge on any atom is 0.373 e. The van der Waals surface area contributed by atoms with Gasteiger partial charge in [0.05, 0.1) is 4.92 Å². The summed E-state index contributed by atoms with van der Waals surface area (Å²) >= 11 is 0. The molecule has 0 amide bonds. The lowest BCUT2D eigenvalue weighted by Gasteiger charge is -2.10. The molecule has 0 atom stereocenters. The molecule has 1 heterocycles. The van der Waals surface area contributed by atoms with Crippen LogP contribution in [-0.2, 0) is 6.42 Å². The third-order valence-corrected chi connectivity index (χ3v) is 4.94. The number of nitro groups is 1. The molecule has 0 unspecified atom stereocenters. The molecule has 0 aliphatic carbocycles. The molecule has 7 heteroatoms. The molecular formula is C24H22N4O3. The molecular weight excluding hydrogens is 392 g/mol. The number of hydrogen-bond acceptors (Lipinski definition) is 6. The van der Waals surface area contributed by atoms with Crippen LogP contribution in [0.3, 0.4) is 0 Å². The molecule has 0 aliphatic heterocycles. The van der Waals surface area contributed by atoms with E-state index in [1.807, 2.05) is 60.7 Å². The number of unbranched alkanes of at least 4 members (excludes halogenated alkanes) is 1. The number of nitrogens with one attached hydrogen (secondary N) is 1. The van der Waals surface area contributed by atoms with E-state index in [2.05, 4.69) is 22.2 Å². The fourth-order valence-corrected chi connectivity index (χ4v) is 3.31. The fourth-order valence-electron chi connectivity index (χ4n) is 3.31. The van der Waals surface area contributed by atoms with Crippen LogP contribution in [0.4, 0.5) is 17.2 Å². The van der Waals surface area contributed by atoms with E-state index in [1.165, 1.54) is 11.9 Å². The van der Waals surface area contributed by atoms with Gasteiger partial charge in [-0.2, -0.15) is 4.98 Å². The Bertz CT molecular complexity index is 1210. The van der Waals surface area contributed by atoms with Gasteiger partial charge in [-0.25, -0.2) is 4.98 Å². The van der Waals surface area contributed by atoms with Crippen molar-refractivity contribution in [2.75, 3.05) is 5.32 Å². The number of anilines is 2. The van der Waals surface area contributed by atoms with Crippen LogP contribution in [0.25, 0.3) is 10.8 Å². The van der Waals surface area contributed by atoms with Crippen molar-refractivity contribution >= 4 is 28.0 Å². The molecule has 31 heavy (non-hydrogen) atoms. The number of benzene rings is 3. The summed E-state index contributed by atoms with van der Waals surface area (Å²) in [4.78, 5) is 19.4. The molecule has 0 bridgehead atoms. The van der Waals surface area contributed by atoms with Gasteiger partial charge in [0.15, 0.2) is 0 Å². The standard InChI is InChI=1S/C24H22N4O3/c1-2-3-6-17-9-12-20(13-10-17)27-23-22(28(29)30)24(26-16-25-23)31-21-14-11-18-7-4-5-8-19(18)15-21/h4-5,7-16H,2-3,6H2,1H3,(H,25,26,27). The van der Waals surface area contributed by atoms with Crippen LogP contribution < -0.4 is 10.1 Å². The second-order valence-corrected chi connectivity index (χ2v) is 7.17. The minimum Gasteiger partial charge on any atom is -0.434 e. The second-order valence-electron chi connectivity index (χ2n) is 7.17. The van der Waals surface area contributed by atoms with E-state index in [0.717, 1.165) is 30.0 Å². The monoisotopic (exact) mass is 414 g/mol. The largest absolute Gasteiger partial charge is 0.434 e. The molecule has 1 N–H and O–H groups in total. The molecule has 0 saturated heterocycles. The van der Waals surface area contributed by atoms with E-state index >= 15 is 0 Å². The lowest BCUT2D eigenvalue weighted by atomic mass is 10.1. The van der Waals surface area contributed by atoms with Gasteiger partial charge in [-0.05, 0) is 53.4 Å². The first-order chi connectivity index (χ1) is 15.1. The SMILES string of the molecule is CCCCc1ccc(Nc2ncnc(Oc3ccc4ccccc4c3)c2[N+](=O)[O-])cc1. The van der Waals surface area contributed by atoms with Gasteiger partial charge in [-0.15, -0.1) is 0 Å². The van der Waals surface area contributed by atoms with E-state index in [0.29, 0.717) is 11.4 Å². The van der Waals surface area contributed by atoms with E-state index in [9.17, 15) is 10.1 Å². The Balaban J connectivity index is 1.60. The normalized spacial score (nSPS) is 10.7. The third kappa shape index (κ3) is 4.78. The Kier molecular flexibility index (Phi) is 6.03. The van der Waals surface area contributed by atoms with Crippen LogP contribution in [0.15, 0.2) is 73.1 Å². The molecule has 0 aliphatic rings. The topological polar surface area (TPSA) is 90.2 Å². The number of hydrogen-bond donors (Lipinski definition) is 1.